The molecule has 0 fully saturated rings. The summed E-state index contributed by atoms with van der Waals surface area (Å²) in [5, 5.41) is 8.94. The summed E-state index contributed by atoms with van der Waals surface area (Å²) in [5.74, 6) is -0.650. The van der Waals surface area contributed by atoms with E-state index in [1.54, 1.807) is 18.5 Å². The minimum absolute atomic E-state index is 0.149. The van der Waals surface area contributed by atoms with Crippen molar-refractivity contribution in [3.63, 3.8) is 0 Å². The van der Waals surface area contributed by atoms with Crippen LogP contribution in [0.4, 0.5) is 0 Å². The Hall–Kier alpha value is -2.30. The maximum Gasteiger partial charge on any atom is 0.336 e. The van der Waals surface area contributed by atoms with E-state index in [2.05, 4.69) is 15.0 Å². The highest BCUT2D eigenvalue weighted by atomic mass is 16.4. The molecule has 0 saturated heterocycles. The molecule has 0 atom stereocenters. The van der Waals surface area contributed by atoms with Gasteiger partial charge in [0.15, 0.2) is 5.82 Å². The maximum atomic E-state index is 10.9. The molecule has 2 heterocycles. The predicted molar refractivity (Wildman–Crippen MR) is 52.2 cm³/mol. The summed E-state index contributed by atoms with van der Waals surface area (Å²) in [6, 6.07) is 3.09. The summed E-state index contributed by atoms with van der Waals surface area (Å²) < 4.78 is 0. The predicted octanol–water partition coefficient (Wildman–Crippen LogP) is 1.24. The second kappa shape index (κ2) is 3.83. The van der Waals surface area contributed by atoms with E-state index in [9.17, 15) is 4.79 Å². The van der Waals surface area contributed by atoms with E-state index in [-0.39, 0.29) is 5.56 Å². The third kappa shape index (κ3) is 1.80. The Labute approximate surface area is 85.5 Å². The van der Waals surface area contributed by atoms with E-state index in [0.29, 0.717) is 11.4 Å². The molecule has 0 saturated carbocycles. The van der Waals surface area contributed by atoms with Crippen molar-refractivity contribution in [2.24, 2.45) is 0 Å². The van der Waals surface area contributed by atoms with Gasteiger partial charge in [0.2, 0.25) is 0 Å². The zero-order chi connectivity index (χ0) is 10.7. The molecule has 0 aliphatic rings. The average Bonchev–Trinajstić information content (AvgIpc) is 2.30. The third-order valence-electron chi connectivity index (χ3n) is 1.86. The van der Waals surface area contributed by atoms with Crippen LogP contribution in [-0.4, -0.2) is 26.0 Å². The summed E-state index contributed by atoms with van der Waals surface area (Å²) in [6.07, 6.45) is 5.98. The molecule has 0 amide bonds. The number of pyridine rings is 1. The van der Waals surface area contributed by atoms with Gasteiger partial charge in [0, 0.05) is 24.8 Å². The summed E-state index contributed by atoms with van der Waals surface area (Å²) >= 11 is 0. The maximum absolute atomic E-state index is 10.9. The molecule has 74 valence electrons. The van der Waals surface area contributed by atoms with Crippen LogP contribution in [0.2, 0.25) is 0 Å². The molecule has 0 bridgehead atoms. The van der Waals surface area contributed by atoms with Crippen LogP contribution in [-0.2, 0) is 0 Å². The smallest absolute Gasteiger partial charge is 0.336 e. The highest BCUT2D eigenvalue weighted by Gasteiger charge is 2.12. The first-order valence-electron chi connectivity index (χ1n) is 4.24. The van der Waals surface area contributed by atoms with Gasteiger partial charge >= 0.3 is 5.97 Å². The van der Waals surface area contributed by atoms with E-state index in [1.165, 1.54) is 18.5 Å². The van der Waals surface area contributed by atoms with E-state index in [4.69, 9.17) is 5.11 Å². The first kappa shape index (κ1) is 9.26. The molecule has 2 rings (SSSR count). The van der Waals surface area contributed by atoms with Gasteiger partial charge in [0.25, 0.3) is 0 Å². The Morgan fingerprint density at radius 2 is 1.93 bits per heavy atom. The third-order valence-corrected chi connectivity index (χ3v) is 1.86. The Morgan fingerprint density at radius 3 is 2.60 bits per heavy atom. The zero-order valence-electron chi connectivity index (χ0n) is 7.66. The minimum Gasteiger partial charge on any atom is -0.478 e. The number of nitrogens with zero attached hydrogens (tertiary/aromatic N) is 3. The molecule has 15 heavy (non-hydrogen) atoms. The number of hydrogen-bond acceptors (Lipinski definition) is 4. The topological polar surface area (TPSA) is 76.0 Å². The van der Waals surface area contributed by atoms with Gasteiger partial charge in [-0.2, -0.15) is 0 Å². The second-order valence-corrected chi connectivity index (χ2v) is 2.80. The van der Waals surface area contributed by atoms with Gasteiger partial charge < -0.3 is 5.11 Å². The summed E-state index contributed by atoms with van der Waals surface area (Å²) in [5.41, 5.74) is 0.571. The molecule has 2 aromatic rings. The molecule has 5 heteroatoms. The van der Waals surface area contributed by atoms with E-state index in [1.807, 2.05) is 0 Å². The molecule has 1 N–H and O–H groups in total. The molecule has 5 nitrogen and oxygen atoms in total. The van der Waals surface area contributed by atoms with Crippen molar-refractivity contribution in [3.05, 3.63) is 42.5 Å². The van der Waals surface area contributed by atoms with Crippen LogP contribution in [0.5, 0.6) is 0 Å². The van der Waals surface area contributed by atoms with Crippen LogP contribution in [0.3, 0.4) is 0 Å². The lowest BCUT2D eigenvalue weighted by molar-refractivity contribution is 0.0697. The number of aromatic nitrogens is 3. The average molecular weight is 201 g/mol. The van der Waals surface area contributed by atoms with E-state index >= 15 is 0 Å². The van der Waals surface area contributed by atoms with Crippen molar-refractivity contribution < 1.29 is 9.90 Å². The molecule has 0 aliphatic heterocycles. The van der Waals surface area contributed by atoms with Crippen LogP contribution in [0.15, 0.2) is 36.9 Å². The number of rotatable bonds is 2. The molecule has 0 spiro atoms. The van der Waals surface area contributed by atoms with Crippen LogP contribution in [0.25, 0.3) is 11.4 Å². The molecule has 0 unspecified atom stereocenters. The number of hydrogen-bond donors (Lipinski definition) is 1. The Kier molecular flexibility index (Phi) is 2.37. The SMILES string of the molecule is O=C(O)c1ccncc1-c1ncccn1. The van der Waals surface area contributed by atoms with Gasteiger partial charge in [0.1, 0.15) is 0 Å². The molecular weight excluding hydrogens is 194 g/mol. The molecule has 0 aliphatic carbocycles. The van der Waals surface area contributed by atoms with Gasteiger partial charge in [-0.15, -0.1) is 0 Å². The largest absolute Gasteiger partial charge is 0.478 e. The quantitative estimate of drug-likeness (QED) is 0.790. The Bertz CT molecular complexity index is 485. The molecule has 0 radical (unpaired) electrons. The standard InChI is InChI=1S/C10H7N3O2/c14-10(15)7-2-5-11-6-8(7)9-12-3-1-4-13-9/h1-6H,(H,14,15). The summed E-state index contributed by atoms with van der Waals surface area (Å²) in [7, 11) is 0. The van der Waals surface area contributed by atoms with Crippen molar-refractivity contribution >= 4 is 5.97 Å². The fourth-order valence-electron chi connectivity index (χ4n) is 1.20. The molecule has 2 aromatic heterocycles. The van der Waals surface area contributed by atoms with Crippen LogP contribution in [0, 0.1) is 0 Å². The van der Waals surface area contributed by atoms with Gasteiger partial charge in [0.05, 0.1) is 11.1 Å². The van der Waals surface area contributed by atoms with Crippen LogP contribution in [0.1, 0.15) is 10.4 Å². The normalized spacial score (nSPS) is 9.87. The first-order valence-corrected chi connectivity index (χ1v) is 4.24. The lowest BCUT2D eigenvalue weighted by Gasteiger charge is -2.02. The Balaban J connectivity index is 2.58. The van der Waals surface area contributed by atoms with E-state index in [0.717, 1.165) is 0 Å². The highest BCUT2D eigenvalue weighted by molar-refractivity contribution is 5.94. The summed E-state index contributed by atoms with van der Waals surface area (Å²) in [6.45, 7) is 0. The lowest BCUT2D eigenvalue weighted by Crippen LogP contribution is -2.01. The minimum atomic E-state index is -1.01. The highest BCUT2D eigenvalue weighted by Crippen LogP contribution is 2.17. The monoisotopic (exact) mass is 201 g/mol. The summed E-state index contributed by atoms with van der Waals surface area (Å²) in [4.78, 5) is 22.7. The van der Waals surface area contributed by atoms with Crippen LogP contribution >= 0.6 is 0 Å². The number of carboxylic acids is 1. The number of carboxylic acid groups (broad SMARTS) is 1. The molecular formula is C10H7N3O2. The van der Waals surface area contributed by atoms with Crippen molar-refractivity contribution in [1.29, 1.82) is 0 Å². The molecule has 0 aromatic carbocycles. The zero-order valence-corrected chi connectivity index (χ0v) is 7.66. The van der Waals surface area contributed by atoms with Crippen LogP contribution < -0.4 is 0 Å². The number of carbonyl (C=O) groups is 1. The second-order valence-electron chi connectivity index (χ2n) is 2.80. The van der Waals surface area contributed by atoms with E-state index < -0.39 is 5.97 Å². The van der Waals surface area contributed by atoms with Crippen molar-refractivity contribution in [1.82, 2.24) is 15.0 Å². The van der Waals surface area contributed by atoms with Crippen molar-refractivity contribution in [3.8, 4) is 11.4 Å². The lowest BCUT2D eigenvalue weighted by atomic mass is 10.1. The Morgan fingerprint density at radius 1 is 1.20 bits per heavy atom. The van der Waals surface area contributed by atoms with Gasteiger partial charge in [-0.3, -0.25) is 4.98 Å². The first-order chi connectivity index (χ1) is 7.29. The fourth-order valence-corrected chi connectivity index (χ4v) is 1.20. The van der Waals surface area contributed by atoms with Gasteiger partial charge in [-0.05, 0) is 12.1 Å². The fraction of sp³-hybridized carbons (Fsp3) is 0. The van der Waals surface area contributed by atoms with Crippen molar-refractivity contribution in [2.45, 2.75) is 0 Å². The number of aromatic carboxylic acids is 1. The van der Waals surface area contributed by atoms with Gasteiger partial charge in [-0.1, -0.05) is 0 Å². The van der Waals surface area contributed by atoms with Gasteiger partial charge in [-0.25, -0.2) is 14.8 Å². The van der Waals surface area contributed by atoms with Crippen molar-refractivity contribution in [2.75, 3.05) is 0 Å².